The standard InChI is InChI=1S/C17H13ClF2O/c1-12-4-6-15(19)10-14(12)11-21-17-9-13(3-2-8-18)5-7-16(17)20/h4-7,9-10H,8,11H2,1H3. The molecule has 2 aromatic rings. The van der Waals surface area contributed by atoms with Crippen LogP contribution in [0, 0.1) is 30.4 Å². The highest BCUT2D eigenvalue weighted by Gasteiger charge is 2.06. The highest BCUT2D eigenvalue weighted by molar-refractivity contribution is 6.19. The summed E-state index contributed by atoms with van der Waals surface area (Å²) in [6, 6.07) is 8.75. The van der Waals surface area contributed by atoms with Crippen LogP contribution in [0.2, 0.25) is 0 Å². The number of rotatable bonds is 3. The van der Waals surface area contributed by atoms with E-state index in [1.54, 1.807) is 12.1 Å². The van der Waals surface area contributed by atoms with Crippen molar-refractivity contribution in [3.05, 3.63) is 64.7 Å². The van der Waals surface area contributed by atoms with Crippen LogP contribution in [0.1, 0.15) is 16.7 Å². The molecule has 0 heterocycles. The number of halogens is 3. The first-order valence-electron chi connectivity index (χ1n) is 6.32. The van der Waals surface area contributed by atoms with Gasteiger partial charge in [-0.1, -0.05) is 17.9 Å². The van der Waals surface area contributed by atoms with Gasteiger partial charge in [-0.05, 0) is 48.4 Å². The van der Waals surface area contributed by atoms with E-state index in [4.69, 9.17) is 16.3 Å². The molecular weight excluding hydrogens is 294 g/mol. The van der Waals surface area contributed by atoms with E-state index in [-0.39, 0.29) is 24.1 Å². The molecule has 108 valence electrons. The van der Waals surface area contributed by atoms with E-state index >= 15 is 0 Å². The van der Waals surface area contributed by atoms with Gasteiger partial charge in [-0.3, -0.25) is 0 Å². The molecule has 0 aromatic heterocycles. The summed E-state index contributed by atoms with van der Waals surface area (Å²) in [5.74, 6) is 4.94. The lowest BCUT2D eigenvalue weighted by atomic mass is 10.1. The van der Waals surface area contributed by atoms with Crippen LogP contribution in [0.25, 0.3) is 0 Å². The van der Waals surface area contributed by atoms with Crippen LogP contribution in [0.3, 0.4) is 0 Å². The minimum Gasteiger partial charge on any atom is -0.486 e. The monoisotopic (exact) mass is 306 g/mol. The zero-order chi connectivity index (χ0) is 15.2. The molecule has 0 bridgehead atoms. The van der Waals surface area contributed by atoms with Crippen molar-refractivity contribution in [3.8, 4) is 17.6 Å². The summed E-state index contributed by atoms with van der Waals surface area (Å²) >= 11 is 5.48. The lowest BCUT2D eigenvalue weighted by Crippen LogP contribution is -2.00. The van der Waals surface area contributed by atoms with Gasteiger partial charge in [-0.25, -0.2) is 8.78 Å². The Balaban J connectivity index is 2.17. The molecule has 21 heavy (non-hydrogen) atoms. The van der Waals surface area contributed by atoms with Crippen LogP contribution in [-0.2, 0) is 6.61 Å². The zero-order valence-corrected chi connectivity index (χ0v) is 12.2. The summed E-state index contributed by atoms with van der Waals surface area (Å²) in [6.07, 6.45) is 0. The van der Waals surface area contributed by atoms with Crippen molar-refractivity contribution in [2.45, 2.75) is 13.5 Å². The first-order chi connectivity index (χ1) is 10.1. The van der Waals surface area contributed by atoms with Crippen molar-refractivity contribution < 1.29 is 13.5 Å². The SMILES string of the molecule is Cc1ccc(F)cc1COc1cc(C#CCCl)ccc1F. The molecule has 2 rings (SSSR count). The van der Waals surface area contributed by atoms with Crippen LogP contribution in [-0.4, -0.2) is 5.88 Å². The molecule has 0 amide bonds. The van der Waals surface area contributed by atoms with E-state index in [2.05, 4.69) is 11.8 Å². The molecule has 0 unspecified atom stereocenters. The highest BCUT2D eigenvalue weighted by atomic mass is 35.5. The van der Waals surface area contributed by atoms with Crippen LogP contribution < -0.4 is 4.74 Å². The normalized spacial score (nSPS) is 9.90. The van der Waals surface area contributed by atoms with Gasteiger partial charge in [0.2, 0.25) is 0 Å². The number of benzene rings is 2. The fraction of sp³-hybridized carbons (Fsp3) is 0.176. The molecule has 1 nitrogen and oxygen atoms in total. The maximum Gasteiger partial charge on any atom is 0.165 e. The van der Waals surface area contributed by atoms with E-state index in [1.165, 1.54) is 24.3 Å². The van der Waals surface area contributed by atoms with E-state index in [0.717, 1.165) is 5.56 Å². The second-order valence-electron chi connectivity index (χ2n) is 4.44. The molecule has 0 aliphatic carbocycles. The molecule has 2 aromatic carbocycles. The van der Waals surface area contributed by atoms with E-state index in [9.17, 15) is 8.78 Å². The molecule has 0 fully saturated rings. The number of ether oxygens (including phenoxy) is 1. The van der Waals surface area contributed by atoms with Gasteiger partial charge in [0.15, 0.2) is 11.6 Å². The summed E-state index contributed by atoms with van der Waals surface area (Å²) in [4.78, 5) is 0. The first kappa shape index (κ1) is 15.3. The summed E-state index contributed by atoms with van der Waals surface area (Å²) in [7, 11) is 0. The molecule has 0 aliphatic rings. The first-order valence-corrected chi connectivity index (χ1v) is 6.86. The Morgan fingerprint density at radius 2 is 1.95 bits per heavy atom. The predicted octanol–water partition coefficient (Wildman–Crippen LogP) is 4.44. The Kier molecular flexibility index (Phi) is 5.19. The van der Waals surface area contributed by atoms with Gasteiger partial charge >= 0.3 is 0 Å². The van der Waals surface area contributed by atoms with Gasteiger partial charge in [0.25, 0.3) is 0 Å². The Morgan fingerprint density at radius 3 is 2.71 bits per heavy atom. The fourth-order valence-corrected chi connectivity index (χ4v) is 1.85. The molecule has 0 saturated carbocycles. The third kappa shape index (κ3) is 4.21. The average Bonchev–Trinajstić information content (AvgIpc) is 2.48. The second kappa shape index (κ2) is 7.10. The Hall–Kier alpha value is -2.05. The van der Waals surface area contributed by atoms with Crippen LogP contribution in [0.15, 0.2) is 36.4 Å². The van der Waals surface area contributed by atoms with Crippen LogP contribution in [0.4, 0.5) is 8.78 Å². The van der Waals surface area contributed by atoms with Gasteiger partial charge in [0.05, 0.1) is 5.88 Å². The van der Waals surface area contributed by atoms with Gasteiger partial charge in [0, 0.05) is 5.56 Å². The molecule has 0 N–H and O–H groups in total. The summed E-state index contributed by atoms with van der Waals surface area (Å²) in [5.41, 5.74) is 2.17. The quantitative estimate of drug-likeness (QED) is 0.601. The number of alkyl halides is 1. The van der Waals surface area contributed by atoms with E-state index in [1.807, 2.05) is 6.92 Å². The maximum atomic E-state index is 13.7. The summed E-state index contributed by atoms with van der Waals surface area (Å²) in [6.45, 7) is 1.93. The zero-order valence-electron chi connectivity index (χ0n) is 11.4. The fourth-order valence-electron chi connectivity index (χ4n) is 1.78. The number of aryl methyl sites for hydroxylation is 1. The molecule has 0 saturated heterocycles. The van der Waals surface area contributed by atoms with Crippen LogP contribution >= 0.6 is 11.6 Å². The van der Waals surface area contributed by atoms with E-state index < -0.39 is 5.82 Å². The molecule has 0 spiro atoms. The topological polar surface area (TPSA) is 9.23 Å². The van der Waals surface area contributed by atoms with Crippen molar-refractivity contribution in [3.63, 3.8) is 0 Å². The van der Waals surface area contributed by atoms with E-state index in [0.29, 0.717) is 11.1 Å². The Bertz CT molecular complexity index is 702. The second-order valence-corrected chi connectivity index (χ2v) is 4.71. The Labute approximate surface area is 127 Å². The largest absolute Gasteiger partial charge is 0.486 e. The number of hydrogen-bond donors (Lipinski definition) is 0. The molecule has 0 radical (unpaired) electrons. The molecule has 0 aliphatic heterocycles. The van der Waals surface area contributed by atoms with Crippen molar-refractivity contribution in [1.82, 2.24) is 0 Å². The van der Waals surface area contributed by atoms with Crippen molar-refractivity contribution in [2.24, 2.45) is 0 Å². The summed E-state index contributed by atoms with van der Waals surface area (Å²) < 4.78 is 32.3. The predicted molar refractivity (Wildman–Crippen MR) is 79.5 cm³/mol. The smallest absolute Gasteiger partial charge is 0.165 e. The lowest BCUT2D eigenvalue weighted by Gasteiger charge is -2.10. The number of hydrogen-bond acceptors (Lipinski definition) is 1. The minimum atomic E-state index is -0.486. The van der Waals surface area contributed by atoms with Gasteiger partial charge in [-0.2, -0.15) is 0 Å². The van der Waals surface area contributed by atoms with Crippen molar-refractivity contribution in [2.75, 3.05) is 5.88 Å². The van der Waals surface area contributed by atoms with Crippen LogP contribution in [0.5, 0.6) is 5.75 Å². The third-order valence-corrected chi connectivity index (χ3v) is 3.06. The van der Waals surface area contributed by atoms with Crippen molar-refractivity contribution >= 4 is 11.6 Å². The van der Waals surface area contributed by atoms with Crippen molar-refractivity contribution in [1.29, 1.82) is 0 Å². The third-order valence-electron chi connectivity index (χ3n) is 2.93. The van der Waals surface area contributed by atoms with Gasteiger partial charge < -0.3 is 4.74 Å². The Morgan fingerprint density at radius 1 is 1.14 bits per heavy atom. The molecule has 0 atom stereocenters. The summed E-state index contributed by atoms with van der Waals surface area (Å²) in [5, 5.41) is 0. The van der Waals surface area contributed by atoms with Gasteiger partial charge in [-0.15, -0.1) is 11.6 Å². The maximum absolute atomic E-state index is 13.7. The lowest BCUT2D eigenvalue weighted by molar-refractivity contribution is 0.289. The molecule has 4 heteroatoms. The van der Waals surface area contributed by atoms with Gasteiger partial charge in [0.1, 0.15) is 12.4 Å². The minimum absolute atomic E-state index is 0.0834. The highest BCUT2D eigenvalue weighted by Crippen LogP contribution is 2.21. The molecular formula is C17H13ClF2O. The average molecular weight is 307 g/mol.